The maximum atomic E-state index is 14.1. The van der Waals surface area contributed by atoms with E-state index in [0.29, 0.717) is 36.0 Å². The van der Waals surface area contributed by atoms with Crippen LogP contribution in [0.25, 0.3) is 11.0 Å². The van der Waals surface area contributed by atoms with E-state index in [9.17, 15) is 9.59 Å². The van der Waals surface area contributed by atoms with Crippen LogP contribution in [0.3, 0.4) is 0 Å². The Morgan fingerprint density at radius 3 is 2.47 bits per heavy atom. The molecule has 43 heavy (non-hydrogen) atoms. The van der Waals surface area contributed by atoms with Gasteiger partial charge in [-0.3, -0.25) is 14.5 Å². The average molecular weight is 594 g/mol. The third-order valence-corrected chi connectivity index (χ3v) is 8.97. The number of amides is 2. The predicted octanol–water partition coefficient (Wildman–Crippen LogP) is 5.20. The minimum absolute atomic E-state index is 0.114. The molecule has 1 aromatic heterocycles. The number of carbonyl (C=O) groups is 2. The van der Waals surface area contributed by atoms with Crippen molar-refractivity contribution in [2.24, 2.45) is 0 Å². The number of methoxy groups -OCH3 is 1. The Hall–Kier alpha value is -3.30. The number of nitrogens with zero attached hydrogens (tertiary/aromatic N) is 3. The van der Waals surface area contributed by atoms with Gasteiger partial charge in [0, 0.05) is 68.1 Å². The van der Waals surface area contributed by atoms with Crippen molar-refractivity contribution in [1.29, 1.82) is 0 Å². The second kappa shape index (κ2) is 15.4. The van der Waals surface area contributed by atoms with Crippen LogP contribution < -0.4 is 15.5 Å². The van der Waals surface area contributed by atoms with E-state index in [4.69, 9.17) is 9.15 Å². The highest BCUT2D eigenvalue weighted by Gasteiger charge is 2.28. The van der Waals surface area contributed by atoms with Crippen molar-refractivity contribution in [2.75, 3.05) is 58.3 Å². The maximum Gasteiger partial charge on any atom is 0.252 e. The number of carbonyl (C=O) groups excluding carboxylic acids is 2. The number of furan rings is 1. The first kappa shape index (κ1) is 32.6. The number of allylic oxidation sites excluding steroid dienone is 2. The second-order valence-electron chi connectivity index (χ2n) is 12.0. The molecule has 2 fully saturated rings. The summed E-state index contributed by atoms with van der Waals surface area (Å²) in [4.78, 5) is 32.3. The van der Waals surface area contributed by atoms with Crippen molar-refractivity contribution in [2.45, 2.75) is 78.8 Å². The van der Waals surface area contributed by atoms with E-state index in [1.54, 1.807) is 20.1 Å². The van der Waals surface area contributed by atoms with Crippen molar-refractivity contribution in [3.63, 3.8) is 0 Å². The number of hydrogen-bond donors (Lipinski definition) is 2. The lowest BCUT2D eigenvalue weighted by Gasteiger charge is -2.37. The maximum absolute atomic E-state index is 14.1. The summed E-state index contributed by atoms with van der Waals surface area (Å²) in [6, 6.07) is 4.75. The average Bonchev–Trinajstić information content (AvgIpc) is 3.41. The first-order chi connectivity index (χ1) is 20.8. The first-order valence-corrected chi connectivity index (χ1v) is 16.0. The zero-order chi connectivity index (χ0) is 30.9. The number of piperazine rings is 1. The summed E-state index contributed by atoms with van der Waals surface area (Å²) < 4.78 is 12.1. The molecule has 9 nitrogen and oxygen atoms in total. The molecule has 1 aliphatic carbocycles. The number of anilines is 1. The lowest BCUT2D eigenvalue weighted by molar-refractivity contribution is -0.108. The van der Waals surface area contributed by atoms with Crippen LogP contribution in [0, 0.1) is 0 Å². The number of benzene rings is 1. The molecule has 0 unspecified atom stereocenters. The van der Waals surface area contributed by atoms with Crippen LogP contribution in [0.5, 0.6) is 0 Å². The fourth-order valence-electron chi connectivity index (χ4n) is 6.53. The van der Waals surface area contributed by atoms with Gasteiger partial charge in [0.15, 0.2) is 0 Å². The molecule has 2 aliphatic rings. The molecule has 1 aromatic carbocycles. The number of hydrogen-bond acceptors (Lipinski definition) is 7. The van der Waals surface area contributed by atoms with Crippen molar-refractivity contribution >= 4 is 29.0 Å². The van der Waals surface area contributed by atoms with Crippen LogP contribution in [0.2, 0.25) is 0 Å². The monoisotopic (exact) mass is 593 g/mol. The number of nitrogens with one attached hydrogen (secondary N) is 2. The molecule has 1 aliphatic heterocycles. The lowest BCUT2D eigenvalue weighted by atomic mass is 9.91. The van der Waals surface area contributed by atoms with Gasteiger partial charge >= 0.3 is 0 Å². The Bertz CT molecular complexity index is 1320. The number of rotatable bonds is 13. The Kier molecular flexibility index (Phi) is 11.7. The SMILES string of the molecule is CCc1c(N(CC)C2CCCCC2)cc2oc(CN3CCN(C)CC3)cc2c1C(=O)NC/C(C)=C(/C=C(/C)NC=O)OC. The van der Waals surface area contributed by atoms with Crippen molar-refractivity contribution in [3.05, 3.63) is 52.1 Å². The van der Waals surface area contributed by atoms with Gasteiger partial charge in [-0.15, -0.1) is 0 Å². The fraction of sp³-hybridized carbons (Fsp3) is 0.588. The number of fused-ring (bicyclic) bond motifs is 1. The van der Waals surface area contributed by atoms with Crippen LogP contribution in [0.4, 0.5) is 5.69 Å². The smallest absolute Gasteiger partial charge is 0.252 e. The van der Waals surface area contributed by atoms with Gasteiger partial charge in [0.1, 0.15) is 17.1 Å². The summed E-state index contributed by atoms with van der Waals surface area (Å²) in [5.41, 5.74) is 5.20. The van der Waals surface area contributed by atoms with Crippen LogP contribution in [0.15, 0.2) is 39.7 Å². The first-order valence-electron chi connectivity index (χ1n) is 16.0. The largest absolute Gasteiger partial charge is 0.497 e. The van der Waals surface area contributed by atoms with Crippen molar-refractivity contribution in [1.82, 2.24) is 20.4 Å². The molecule has 236 valence electrons. The van der Waals surface area contributed by atoms with E-state index >= 15 is 0 Å². The van der Waals surface area contributed by atoms with E-state index in [-0.39, 0.29) is 5.91 Å². The molecule has 4 rings (SSSR count). The van der Waals surface area contributed by atoms with E-state index in [1.165, 1.54) is 32.1 Å². The zero-order valence-corrected chi connectivity index (χ0v) is 27.1. The van der Waals surface area contributed by atoms with Crippen LogP contribution in [-0.2, 0) is 22.5 Å². The summed E-state index contributed by atoms with van der Waals surface area (Å²) >= 11 is 0. The molecular formula is C34H51N5O4. The summed E-state index contributed by atoms with van der Waals surface area (Å²) in [6.07, 6.45) is 9.29. The Morgan fingerprint density at radius 2 is 1.84 bits per heavy atom. The second-order valence-corrected chi connectivity index (χ2v) is 12.0. The minimum atomic E-state index is -0.114. The summed E-state index contributed by atoms with van der Waals surface area (Å²) in [6.45, 7) is 14.1. The molecule has 1 saturated carbocycles. The van der Waals surface area contributed by atoms with E-state index in [0.717, 1.165) is 79.2 Å². The van der Waals surface area contributed by atoms with Gasteiger partial charge in [-0.25, -0.2) is 0 Å². The molecule has 2 amide bonds. The van der Waals surface area contributed by atoms with Crippen LogP contribution in [-0.4, -0.2) is 81.6 Å². The predicted molar refractivity (Wildman–Crippen MR) is 173 cm³/mol. The minimum Gasteiger partial charge on any atom is -0.497 e. The van der Waals surface area contributed by atoms with Crippen molar-refractivity contribution in [3.8, 4) is 0 Å². The molecule has 0 bridgehead atoms. The Labute approximate surface area is 257 Å². The van der Waals surface area contributed by atoms with E-state index in [2.05, 4.69) is 58.4 Å². The van der Waals surface area contributed by atoms with E-state index < -0.39 is 0 Å². The Morgan fingerprint density at radius 1 is 1.12 bits per heavy atom. The Balaban J connectivity index is 1.72. The molecule has 0 spiro atoms. The normalized spacial score (nSPS) is 18.0. The topological polar surface area (TPSA) is 90.3 Å². The molecule has 2 heterocycles. The van der Waals surface area contributed by atoms with Gasteiger partial charge < -0.3 is 29.6 Å². The molecule has 0 atom stereocenters. The van der Waals surface area contributed by atoms with Crippen molar-refractivity contribution < 1.29 is 18.7 Å². The molecule has 2 N–H and O–H groups in total. The molecule has 1 saturated heterocycles. The highest BCUT2D eigenvalue weighted by atomic mass is 16.5. The van der Waals surface area contributed by atoms with Gasteiger partial charge in [0.05, 0.1) is 19.2 Å². The third-order valence-electron chi connectivity index (χ3n) is 8.97. The summed E-state index contributed by atoms with van der Waals surface area (Å²) in [5.74, 6) is 1.39. The van der Waals surface area contributed by atoms with Crippen LogP contribution >= 0.6 is 0 Å². The summed E-state index contributed by atoms with van der Waals surface area (Å²) in [5, 5.41) is 6.68. The van der Waals surface area contributed by atoms with Gasteiger partial charge in [0.2, 0.25) is 6.41 Å². The van der Waals surface area contributed by atoms with Gasteiger partial charge in [-0.1, -0.05) is 26.2 Å². The van der Waals surface area contributed by atoms with Gasteiger partial charge in [-0.05, 0) is 70.4 Å². The highest BCUT2D eigenvalue weighted by Crippen LogP contribution is 2.37. The molecule has 9 heteroatoms. The quantitative estimate of drug-likeness (QED) is 0.187. The standard InChI is InChI=1S/C34H51N5O4/c1-7-28-30(39(8-2)26-12-10-9-11-13-26)20-32-29(19-27(43-32)22-38-16-14-37(5)15-17-38)33(28)34(41)35-21-24(3)31(42-6)18-25(4)36-23-40/h18-20,23,26H,7-17,21-22H2,1-6H3,(H,35,41)(H,36,40)/b25-18-,31-24-. The molecular weight excluding hydrogens is 542 g/mol. The van der Waals surface area contributed by atoms with E-state index in [1.807, 2.05) is 6.92 Å². The molecule has 0 radical (unpaired) electrons. The molecule has 2 aromatic rings. The lowest BCUT2D eigenvalue weighted by Crippen LogP contribution is -2.43. The third kappa shape index (κ3) is 8.00. The number of likely N-dealkylation sites (N-methyl/N-ethyl adjacent to an activating group) is 1. The fourth-order valence-corrected chi connectivity index (χ4v) is 6.53. The zero-order valence-electron chi connectivity index (χ0n) is 27.1. The highest BCUT2D eigenvalue weighted by molar-refractivity contribution is 6.09. The van der Waals surface area contributed by atoms with Gasteiger partial charge in [0.25, 0.3) is 5.91 Å². The van der Waals surface area contributed by atoms with Crippen LogP contribution in [0.1, 0.15) is 81.5 Å². The summed E-state index contributed by atoms with van der Waals surface area (Å²) in [7, 11) is 3.75. The number of ether oxygens (including phenoxy) is 1. The van der Waals surface area contributed by atoms with Gasteiger partial charge in [-0.2, -0.15) is 0 Å².